The molecule has 1 N–H and O–H groups in total. The van der Waals surface area contributed by atoms with Crippen molar-refractivity contribution in [3.05, 3.63) is 0 Å². The Balaban J connectivity index is 2.88. The van der Waals surface area contributed by atoms with Gasteiger partial charge in [-0.15, -0.1) is 0 Å². The highest BCUT2D eigenvalue weighted by atomic mass is 16.2. The van der Waals surface area contributed by atoms with E-state index in [1.54, 1.807) is 6.92 Å². The molecule has 1 amide bonds. The van der Waals surface area contributed by atoms with E-state index < -0.39 is 17.9 Å². The van der Waals surface area contributed by atoms with Crippen LogP contribution in [0.5, 0.6) is 0 Å². The van der Waals surface area contributed by atoms with Gasteiger partial charge in [0.2, 0.25) is 5.91 Å². The van der Waals surface area contributed by atoms with Crippen LogP contribution in [0.1, 0.15) is 13.8 Å². The molecule has 1 aliphatic rings. The van der Waals surface area contributed by atoms with Crippen molar-refractivity contribution >= 4 is 17.5 Å². The van der Waals surface area contributed by atoms with Gasteiger partial charge in [-0.2, -0.15) is 0 Å². The first-order valence-electron chi connectivity index (χ1n) is 3.38. The summed E-state index contributed by atoms with van der Waals surface area (Å²) in [4.78, 5) is 32.7. The Bertz CT molecular complexity index is 234. The summed E-state index contributed by atoms with van der Waals surface area (Å²) in [7, 11) is 0. The summed E-state index contributed by atoms with van der Waals surface area (Å²) in [6, 6.07) is -0.503. The van der Waals surface area contributed by atoms with E-state index in [-0.39, 0.29) is 11.6 Å². The molecule has 4 heteroatoms. The molecule has 1 aliphatic heterocycles. The van der Waals surface area contributed by atoms with Crippen LogP contribution in [-0.2, 0) is 14.4 Å². The molecule has 0 aromatic rings. The Morgan fingerprint density at radius 3 is 2.18 bits per heavy atom. The summed E-state index contributed by atoms with van der Waals surface area (Å²) in [6.07, 6.45) is 0. The SMILES string of the molecule is CC(=O)C1C(=O)NC(C)C1=O. The number of amides is 1. The van der Waals surface area contributed by atoms with Crippen molar-refractivity contribution < 1.29 is 14.4 Å². The van der Waals surface area contributed by atoms with E-state index in [0.717, 1.165) is 0 Å². The molecule has 2 atom stereocenters. The number of rotatable bonds is 1. The molecule has 1 heterocycles. The summed E-state index contributed by atoms with van der Waals surface area (Å²) < 4.78 is 0. The number of carbonyl (C=O) groups excluding carboxylic acids is 3. The van der Waals surface area contributed by atoms with Crippen molar-refractivity contribution in [3.8, 4) is 0 Å². The predicted molar refractivity (Wildman–Crippen MR) is 36.8 cm³/mol. The fourth-order valence-corrected chi connectivity index (χ4v) is 1.13. The number of nitrogens with one attached hydrogen (secondary N) is 1. The first kappa shape index (κ1) is 7.91. The Kier molecular flexibility index (Phi) is 1.76. The van der Waals surface area contributed by atoms with E-state index in [0.29, 0.717) is 0 Å². The molecule has 1 fully saturated rings. The van der Waals surface area contributed by atoms with E-state index in [9.17, 15) is 14.4 Å². The lowest BCUT2D eigenvalue weighted by Crippen LogP contribution is -2.25. The number of Topliss-reactive ketones (excluding diaryl/α,β-unsaturated/α-hetero) is 2. The number of carbonyl (C=O) groups is 3. The topological polar surface area (TPSA) is 63.2 Å². The molecule has 0 aromatic carbocycles. The van der Waals surface area contributed by atoms with Gasteiger partial charge in [-0.1, -0.05) is 0 Å². The van der Waals surface area contributed by atoms with Gasteiger partial charge in [0.1, 0.15) is 5.78 Å². The Hall–Kier alpha value is -1.19. The molecule has 1 rings (SSSR count). The lowest BCUT2D eigenvalue weighted by molar-refractivity contribution is -0.135. The lowest BCUT2D eigenvalue weighted by atomic mass is 10.0. The zero-order valence-corrected chi connectivity index (χ0v) is 6.38. The molecule has 0 saturated carbocycles. The van der Waals surface area contributed by atoms with Crippen molar-refractivity contribution in [1.29, 1.82) is 0 Å². The minimum atomic E-state index is -1.05. The van der Waals surface area contributed by atoms with Crippen LogP contribution in [-0.4, -0.2) is 23.5 Å². The summed E-state index contributed by atoms with van der Waals surface area (Å²) in [5.41, 5.74) is 0. The molecule has 0 radical (unpaired) electrons. The Labute approximate surface area is 64.0 Å². The van der Waals surface area contributed by atoms with Crippen LogP contribution in [0.4, 0.5) is 0 Å². The second-order valence-electron chi connectivity index (χ2n) is 2.68. The maximum atomic E-state index is 11.1. The molecular weight excluding hydrogens is 146 g/mol. The molecule has 4 nitrogen and oxygen atoms in total. The Morgan fingerprint density at radius 1 is 1.45 bits per heavy atom. The molecular formula is C7H9NO3. The zero-order valence-electron chi connectivity index (χ0n) is 6.38. The summed E-state index contributed by atoms with van der Waals surface area (Å²) in [5, 5.41) is 2.39. The van der Waals surface area contributed by atoms with Gasteiger partial charge < -0.3 is 5.32 Å². The maximum Gasteiger partial charge on any atom is 0.238 e. The smallest absolute Gasteiger partial charge is 0.238 e. The van der Waals surface area contributed by atoms with Gasteiger partial charge >= 0.3 is 0 Å². The highest BCUT2D eigenvalue weighted by Crippen LogP contribution is 2.11. The minimum absolute atomic E-state index is 0.317. The van der Waals surface area contributed by atoms with E-state index in [2.05, 4.69) is 5.32 Å². The fraction of sp³-hybridized carbons (Fsp3) is 0.571. The lowest BCUT2D eigenvalue weighted by Gasteiger charge is -1.97. The van der Waals surface area contributed by atoms with Gasteiger partial charge in [0, 0.05) is 0 Å². The normalized spacial score (nSPS) is 30.4. The van der Waals surface area contributed by atoms with Crippen LogP contribution < -0.4 is 5.32 Å². The van der Waals surface area contributed by atoms with Gasteiger partial charge in [0.25, 0.3) is 0 Å². The average Bonchev–Trinajstić information content (AvgIpc) is 2.07. The average molecular weight is 155 g/mol. The summed E-state index contributed by atoms with van der Waals surface area (Å²) in [5.74, 6) is -2.21. The van der Waals surface area contributed by atoms with Gasteiger partial charge in [0.05, 0.1) is 6.04 Å². The van der Waals surface area contributed by atoms with Crippen molar-refractivity contribution in [2.75, 3.05) is 0 Å². The molecule has 0 aromatic heterocycles. The molecule has 11 heavy (non-hydrogen) atoms. The van der Waals surface area contributed by atoms with Crippen molar-refractivity contribution in [1.82, 2.24) is 5.32 Å². The van der Waals surface area contributed by atoms with Crippen LogP contribution in [0.25, 0.3) is 0 Å². The third-order valence-corrected chi connectivity index (χ3v) is 1.74. The highest BCUT2D eigenvalue weighted by molar-refractivity contribution is 6.23. The van der Waals surface area contributed by atoms with Gasteiger partial charge in [-0.05, 0) is 13.8 Å². The second kappa shape index (κ2) is 2.45. The van der Waals surface area contributed by atoms with Gasteiger partial charge in [-0.3, -0.25) is 14.4 Å². The molecule has 1 saturated heterocycles. The largest absolute Gasteiger partial charge is 0.346 e. The second-order valence-corrected chi connectivity index (χ2v) is 2.68. The van der Waals surface area contributed by atoms with E-state index in [4.69, 9.17) is 0 Å². The predicted octanol–water partition coefficient (Wildman–Crippen LogP) is -0.721. The fourth-order valence-electron chi connectivity index (χ4n) is 1.13. The van der Waals surface area contributed by atoms with Crippen LogP contribution in [0, 0.1) is 5.92 Å². The van der Waals surface area contributed by atoms with Crippen LogP contribution in [0.2, 0.25) is 0 Å². The van der Waals surface area contributed by atoms with Crippen LogP contribution in [0.3, 0.4) is 0 Å². The number of hydrogen-bond acceptors (Lipinski definition) is 3. The van der Waals surface area contributed by atoms with Gasteiger partial charge in [-0.25, -0.2) is 0 Å². The number of hydrogen-bond donors (Lipinski definition) is 1. The standard InChI is InChI=1S/C7H9NO3/c1-3-6(10)5(4(2)9)7(11)8-3/h3,5H,1-2H3,(H,8,11). The maximum absolute atomic E-state index is 11.1. The molecule has 60 valence electrons. The first-order chi connectivity index (χ1) is 5.04. The molecule has 2 unspecified atom stereocenters. The molecule has 0 spiro atoms. The molecule has 0 bridgehead atoms. The first-order valence-corrected chi connectivity index (χ1v) is 3.38. The highest BCUT2D eigenvalue weighted by Gasteiger charge is 2.41. The van der Waals surface area contributed by atoms with Crippen molar-refractivity contribution in [2.24, 2.45) is 5.92 Å². The van der Waals surface area contributed by atoms with E-state index in [1.807, 2.05) is 0 Å². The monoisotopic (exact) mass is 155 g/mol. The Morgan fingerprint density at radius 2 is 2.00 bits per heavy atom. The molecule has 0 aliphatic carbocycles. The summed E-state index contributed by atoms with van der Waals surface area (Å²) >= 11 is 0. The third-order valence-electron chi connectivity index (χ3n) is 1.74. The van der Waals surface area contributed by atoms with Crippen LogP contribution in [0.15, 0.2) is 0 Å². The number of ketones is 2. The van der Waals surface area contributed by atoms with Crippen LogP contribution >= 0.6 is 0 Å². The van der Waals surface area contributed by atoms with Crippen molar-refractivity contribution in [2.45, 2.75) is 19.9 Å². The van der Waals surface area contributed by atoms with E-state index in [1.165, 1.54) is 6.92 Å². The quantitative estimate of drug-likeness (QED) is 0.508. The minimum Gasteiger partial charge on any atom is -0.346 e. The van der Waals surface area contributed by atoms with E-state index >= 15 is 0 Å². The summed E-state index contributed by atoms with van der Waals surface area (Å²) in [6.45, 7) is 2.82. The third kappa shape index (κ3) is 1.15. The zero-order chi connectivity index (χ0) is 8.59. The van der Waals surface area contributed by atoms with Crippen molar-refractivity contribution in [3.63, 3.8) is 0 Å². The van der Waals surface area contributed by atoms with Gasteiger partial charge in [0.15, 0.2) is 11.7 Å².